The molecule has 9 N–H and O–H groups in total. The minimum atomic E-state index is -1.02. The van der Waals surface area contributed by atoms with E-state index in [1.807, 2.05) is 0 Å². The highest BCUT2D eigenvalue weighted by Crippen LogP contribution is 2.10. The number of esters is 1. The number of carbonyl (C=O) groups is 4. The molecular formula is C26H51N5O7. The van der Waals surface area contributed by atoms with E-state index in [1.54, 1.807) is 13.8 Å². The fraction of sp³-hybridized carbons (Fsp3) is 0.808. The second-order valence-corrected chi connectivity index (χ2v) is 9.51. The highest BCUT2D eigenvalue weighted by molar-refractivity contribution is 5.83. The molecule has 0 bridgehead atoms. The third kappa shape index (κ3) is 26.2. The summed E-state index contributed by atoms with van der Waals surface area (Å²) in [6.45, 7) is 5.99. The van der Waals surface area contributed by atoms with E-state index in [9.17, 15) is 19.2 Å². The van der Waals surface area contributed by atoms with Gasteiger partial charge in [-0.15, -0.1) is 0 Å². The lowest BCUT2D eigenvalue weighted by molar-refractivity contribution is -0.149. The predicted octanol–water partition coefficient (Wildman–Crippen LogP) is 2.66. The van der Waals surface area contributed by atoms with E-state index >= 15 is 0 Å². The van der Waals surface area contributed by atoms with E-state index in [0.29, 0.717) is 25.8 Å². The summed E-state index contributed by atoms with van der Waals surface area (Å²) >= 11 is 0. The number of nitrogens with one attached hydrogen (secondary N) is 1. The molecule has 0 spiro atoms. The first-order valence-electron chi connectivity index (χ1n) is 13.7. The number of hydrogen-bond acceptors (Lipinski definition) is 7. The number of amides is 1. The molecule has 1 amide bonds. The summed E-state index contributed by atoms with van der Waals surface area (Å²) in [5.41, 5.74) is 15.8. The van der Waals surface area contributed by atoms with Crippen molar-refractivity contribution in [2.45, 2.75) is 129 Å². The standard InChI is InChI=1S/C18H36N4O3.C8H15NO4/c1-2-3-4-5-6-7-8-9-10-13-16(23)22-15(17(24)25)12-11-14-21-18(19)20;1-5(2)13-8(12)6(9)3-4-7(10)11/h15H,2-14H2,1H3,(H,22,23)(H,24,25)(H4,19,20,21);5-6H,3-4,9H2,1-2H3,(H,10,11). The van der Waals surface area contributed by atoms with Crippen molar-refractivity contribution in [3.05, 3.63) is 0 Å². The van der Waals surface area contributed by atoms with Crippen molar-refractivity contribution in [1.29, 1.82) is 0 Å². The van der Waals surface area contributed by atoms with Gasteiger partial charge >= 0.3 is 17.9 Å². The number of nitrogens with two attached hydrogens (primary N) is 3. The highest BCUT2D eigenvalue weighted by Gasteiger charge is 2.19. The molecule has 0 saturated heterocycles. The van der Waals surface area contributed by atoms with Gasteiger partial charge in [0.1, 0.15) is 12.1 Å². The number of hydrogen-bond donors (Lipinski definition) is 6. The Kier molecular flexibility index (Phi) is 24.0. The van der Waals surface area contributed by atoms with Gasteiger partial charge in [0.05, 0.1) is 6.10 Å². The average molecular weight is 546 g/mol. The molecule has 0 aromatic heterocycles. The quantitative estimate of drug-likeness (QED) is 0.0535. The summed E-state index contributed by atoms with van der Waals surface area (Å²) in [5, 5.41) is 20.1. The van der Waals surface area contributed by atoms with Crippen molar-refractivity contribution >= 4 is 29.8 Å². The number of unbranched alkanes of at least 4 members (excludes halogenated alkanes) is 8. The van der Waals surface area contributed by atoms with Crippen molar-refractivity contribution in [3.8, 4) is 0 Å². The van der Waals surface area contributed by atoms with Gasteiger partial charge in [-0.3, -0.25) is 19.4 Å². The van der Waals surface area contributed by atoms with Crippen LogP contribution in [0.3, 0.4) is 0 Å². The van der Waals surface area contributed by atoms with Gasteiger partial charge in [0.25, 0.3) is 0 Å². The second-order valence-electron chi connectivity index (χ2n) is 9.51. The Morgan fingerprint density at radius 2 is 1.39 bits per heavy atom. The van der Waals surface area contributed by atoms with Gasteiger partial charge in [-0.2, -0.15) is 0 Å². The number of ether oxygens (including phenoxy) is 1. The zero-order valence-electron chi connectivity index (χ0n) is 23.5. The first kappa shape index (κ1) is 37.3. The molecule has 2 unspecified atom stereocenters. The summed E-state index contributed by atoms with van der Waals surface area (Å²) < 4.78 is 4.79. The van der Waals surface area contributed by atoms with Crippen LogP contribution in [0.15, 0.2) is 4.99 Å². The number of carbonyl (C=O) groups excluding carboxylic acids is 2. The molecule has 0 rings (SSSR count). The van der Waals surface area contributed by atoms with Crippen molar-refractivity contribution in [3.63, 3.8) is 0 Å². The topological polar surface area (TPSA) is 220 Å². The molecule has 0 aliphatic heterocycles. The van der Waals surface area contributed by atoms with Crippen LogP contribution in [0.1, 0.15) is 111 Å². The minimum absolute atomic E-state index is 0.0127. The molecule has 0 fully saturated rings. The molecule has 222 valence electrons. The van der Waals surface area contributed by atoms with Crippen molar-refractivity contribution < 1.29 is 34.1 Å². The molecule has 0 radical (unpaired) electrons. The molecule has 38 heavy (non-hydrogen) atoms. The van der Waals surface area contributed by atoms with Gasteiger partial charge < -0.3 is 37.5 Å². The van der Waals surface area contributed by atoms with Crippen LogP contribution < -0.4 is 22.5 Å². The molecule has 12 nitrogen and oxygen atoms in total. The van der Waals surface area contributed by atoms with Gasteiger partial charge in [-0.05, 0) is 39.5 Å². The van der Waals surface area contributed by atoms with Crippen LogP contribution in [0.5, 0.6) is 0 Å². The Morgan fingerprint density at radius 1 is 0.842 bits per heavy atom. The first-order chi connectivity index (χ1) is 17.9. The normalized spacial score (nSPS) is 12.0. The van der Waals surface area contributed by atoms with E-state index in [4.69, 9.17) is 32.2 Å². The summed E-state index contributed by atoms with van der Waals surface area (Å²) in [5.74, 6) is -2.74. The van der Waals surface area contributed by atoms with E-state index in [0.717, 1.165) is 19.3 Å². The van der Waals surface area contributed by atoms with Crippen LogP contribution in [0.4, 0.5) is 0 Å². The van der Waals surface area contributed by atoms with Gasteiger partial charge in [0, 0.05) is 19.4 Å². The van der Waals surface area contributed by atoms with Gasteiger partial charge in [-0.1, -0.05) is 58.3 Å². The molecule has 12 heteroatoms. The van der Waals surface area contributed by atoms with Crippen LogP contribution in [0.2, 0.25) is 0 Å². The number of carboxylic acids is 2. The number of carboxylic acid groups (broad SMARTS) is 2. The molecule has 0 aromatic rings. The number of guanidine groups is 1. The molecule has 0 aliphatic carbocycles. The third-order valence-corrected chi connectivity index (χ3v) is 5.41. The maximum atomic E-state index is 11.9. The number of rotatable bonds is 21. The van der Waals surface area contributed by atoms with Gasteiger partial charge in [-0.25, -0.2) is 4.79 Å². The minimum Gasteiger partial charge on any atom is -0.481 e. The number of nitrogens with zero attached hydrogens (tertiary/aromatic N) is 1. The van der Waals surface area contributed by atoms with Gasteiger partial charge in [0.2, 0.25) is 5.91 Å². The zero-order valence-corrected chi connectivity index (χ0v) is 23.5. The van der Waals surface area contributed by atoms with E-state index < -0.39 is 30.0 Å². The molecule has 0 aromatic carbocycles. The number of aliphatic carboxylic acids is 2. The average Bonchev–Trinajstić information content (AvgIpc) is 2.83. The largest absolute Gasteiger partial charge is 0.481 e. The maximum absolute atomic E-state index is 11.9. The second kappa shape index (κ2) is 24.4. The van der Waals surface area contributed by atoms with Crippen LogP contribution >= 0.6 is 0 Å². The first-order valence-corrected chi connectivity index (χ1v) is 13.7. The summed E-state index contributed by atoms with van der Waals surface area (Å²) in [7, 11) is 0. The highest BCUT2D eigenvalue weighted by atomic mass is 16.5. The fourth-order valence-electron chi connectivity index (χ4n) is 3.34. The monoisotopic (exact) mass is 545 g/mol. The Balaban J connectivity index is 0. The Hall–Kier alpha value is -2.89. The SMILES string of the molecule is CC(C)OC(=O)C(N)CCC(=O)O.CCCCCCCCCCCC(=O)NC(CCCN=C(N)N)C(=O)O. The van der Waals surface area contributed by atoms with Gasteiger partial charge in [0.15, 0.2) is 5.96 Å². The van der Waals surface area contributed by atoms with Crippen molar-refractivity contribution in [2.24, 2.45) is 22.2 Å². The fourth-order valence-corrected chi connectivity index (χ4v) is 3.34. The Labute approximate surface area is 227 Å². The molecular weight excluding hydrogens is 494 g/mol. The molecule has 0 aliphatic rings. The summed E-state index contributed by atoms with van der Waals surface area (Å²) in [4.78, 5) is 48.0. The van der Waals surface area contributed by atoms with Crippen LogP contribution in [-0.4, -0.2) is 64.7 Å². The smallest absolute Gasteiger partial charge is 0.326 e. The lowest BCUT2D eigenvalue weighted by Crippen LogP contribution is -2.40. The van der Waals surface area contributed by atoms with Crippen LogP contribution in [0, 0.1) is 0 Å². The zero-order chi connectivity index (χ0) is 29.3. The molecule has 2 atom stereocenters. The van der Waals surface area contributed by atoms with E-state index in [2.05, 4.69) is 17.2 Å². The number of aliphatic imine (C=N–C) groups is 1. The van der Waals surface area contributed by atoms with Crippen molar-refractivity contribution in [2.75, 3.05) is 6.54 Å². The lowest BCUT2D eigenvalue weighted by Gasteiger charge is -2.14. The Morgan fingerprint density at radius 3 is 1.87 bits per heavy atom. The van der Waals surface area contributed by atoms with Crippen molar-refractivity contribution in [1.82, 2.24) is 5.32 Å². The predicted molar refractivity (Wildman–Crippen MR) is 147 cm³/mol. The van der Waals surface area contributed by atoms with E-state index in [-0.39, 0.29) is 30.8 Å². The van der Waals surface area contributed by atoms with E-state index in [1.165, 1.54) is 38.5 Å². The third-order valence-electron chi connectivity index (χ3n) is 5.41. The molecule has 0 heterocycles. The summed E-state index contributed by atoms with van der Waals surface area (Å²) in [6.07, 6.45) is 11.6. The lowest BCUT2D eigenvalue weighted by atomic mass is 10.1. The summed E-state index contributed by atoms with van der Waals surface area (Å²) in [6, 6.07) is -1.71. The van der Waals surface area contributed by atoms with Crippen LogP contribution in [0.25, 0.3) is 0 Å². The van der Waals surface area contributed by atoms with Crippen LogP contribution in [-0.2, 0) is 23.9 Å². The Bertz CT molecular complexity index is 697. The maximum Gasteiger partial charge on any atom is 0.326 e. The molecule has 0 saturated carbocycles.